The molecule has 12 heteroatoms. The summed E-state index contributed by atoms with van der Waals surface area (Å²) in [5.41, 5.74) is -0.422. The molecule has 0 saturated carbocycles. The summed E-state index contributed by atoms with van der Waals surface area (Å²) in [5, 5.41) is 6.32. The van der Waals surface area contributed by atoms with Crippen LogP contribution in [0, 0.1) is 11.6 Å². The number of rotatable bonds is 11. The van der Waals surface area contributed by atoms with Crippen LogP contribution >= 0.6 is 0 Å². The second kappa shape index (κ2) is 18.0. The predicted octanol–water partition coefficient (Wildman–Crippen LogP) is 5.91. The molecule has 0 aliphatic rings. The van der Waals surface area contributed by atoms with Gasteiger partial charge >= 0.3 is 12.2 Å². The lowest BCUT2D eigenvalue weighted by atomic mass is 10.0. The first kappa shape index (κ1) is 39.0. The quantitative estimate of drug-likeness (QED) is 0.294. The van der Waals surface area contributed by atoms with E-state index >= 15 is 0 Å². The van der Waals surface area contributed by atoms with E-state index in [1.807, 2.05) is 0 Å². The number of ketones is 1. The Morgan fingerprint density at radius 3 is 1.44 bits per heavy atom. The van der Waals surface area contributed by atoms with Crippen molar-refractivity contribution in [3.63, 3.8) is 0 Å². The van der Waals surface area contributed by atoms with E-state index in [4.69, 9.17) is 14.3 Å². The minimum absolute atomic E-state index is 0.0437. The van der Waals surface area contributed by atoms with E-state index in [1.54, 1.807) is 77.9 Å². The van der Waals surface area contributed by atoms with Crippen LogP contribution < -0.4 is 10.6 Å². The summed E-state index contributed by atoms with van der Waals surface area (Å²) < 4.78 is 37.9. The van der Waals surface area contributed by atoms with Crippen LogP contribution in [0.5, 0.6) is 0 Å². The molecule has 2 N–H and O–H groups in total. The Morgan fingerprint density at radius 2 is 1.11 bits per heavy atom. The number of hydrogen-bond acceptors (Lipinski definition) is 7. The Bertz CT molecular complexity index is 1280. The van der Waals surface area contributed by atoms with Crippen molar-refractivity contribution in [2.75, 3.05) is 14.2 Å². The van der Waals surface area contributed by atoms with Crippen molar-refractivity contribution in [1.29, 1.82) is 0 Å². The second-order valence-electron chi connectivity index (χ2n) is 12.5. The average molecular weight is 636 g/mol. The van der Waals surface area contributed by atoms with E-state index < -0.39 is 35.5 Å². The molecule has 0 aromatic heterocycles. The molecule has 0 fully saturated rings. The van der Waals surface area contributed by atoms with E-state index in [0.29, 0.717) is 11.1 Å². The minimum Gasteiger partial charge on any atom is -0.444 e. The van der Waals surface area contributed by atoms with Crippen molar-refractivity contribution in [2.24, 2.45) is 0 Å². The number of amides is 3. The molecule has 0 saturated heterocycles. The molecule has 45 heavy (non-hydrogen) atoms. The fourth-order valence-corrected chi connectivity index (χ4v) is 3.94. The number of alkyl carbamates (subject to hydrolysis) is 2. The number of nitrogens with one attached hydrogen (secondary N) is 2. The van der Waals surface area contributed by atoms with E-state index in [1.165, 1.54) is 33.2 Å². The van der Waals surface area contributed by atoms with Crippen LogP contribution in [0.1, 0.15) is 72.4 Å². The van der Waals surface area contributed by atoms with Gasteiger partial charge < -0.3 is 20.1 Å². The normalized spacial score (nSPS) is 12.5. The molecule has 0 radical (unpaired) electrons. The number of halogens is 2. The summed E-state index contributed by atoms with van der Waals surface area (Å²) in [6.07, 6.45) is -0.770. The van der Waals surface area contributed by atoms with Gasteiger partial charge in [-0.05, 0) is 84.6 Å². The maximum atomic E-state index is 13.9. The lowest BCUT2D eigenvalue weighted by molar-refractivity contribution is -0.169. The van der Waals surface area contributed by atoms with Gasteiger partial charge in [0.15, 0.2) is 0 Å². The standard InChI is InChI=1S/C17H25FN2O4.C16H22FNO3/c1-17(2,3)24-16(22)19-13(11-15(21)20(4)23-5)10-12-8-6-7-9-14(12)18;1-11(19)9-13(18-15(20)21-16(2,3)4)10-12-7-5-6-8-14(12)17/h6-9,13H,10-11H2,1-5H3,(H,19,22);5-8,13H,9-10H2,1-4H3,(H,18,20)/t2*13-/m10/s1. The summed E-state index contributed by atoms with van der Waals surface area (Å²) in [5.74, 6) is -1.15. The molecule has 2 atom stereocenters. The maximum absolute atomic E-state index is 13.9. The summed E-state index contributed by atoms with van der Waals surface area (Å²) in [6.45, 7) is 11.9. The molecule has 10 nitrogen and oxygen atoms in total. The zero-order chi connectivity index (χ0) is 34.4. The molecule has 0 aliphatic heterocycles. The number of hydrogen-bond donors (Lipinski definition) is 2. The summed E-state index contributed by atoms with van der Waals surface area (Å²) in [6, 6.07) is 11.4. The van der Waals surface area contributed by atoms with Crippen LogP contribution in [0.25, 0.3) is 0 Å². The van der Waals surface area contributed by atoms with Gasteiger partial charge in [0.05, 0.1) is 7.11 Å². The highest BCUT2D eigenvalue weighted by molar-refractivity contribution is 5.77. The van der Waals surface area contributed by atoms with Crippen molar-refractivity contribution in [3.8, 4) is 0 Å². The highest BCUT2D eigenvalue weighted by Gasteiger charge is 2.24. The van der Waals surface area contributed by atoms with Gasteiger partial charge in [0.25, 0.3) is 0 Å². The number of ether oxygens (including phenoxy) is 2. The van der Waals surface area contributed by atoms with Gasteiger partial charge in [0.2, 0.25) is 5.91 Å². The molecule has 0 aliphatic carbocycles. The zero-order valence-corrected chi connectivity index (χ0v) is 27.7. The molecule has 250 valence electrons. The van der Waals surface area contributed by atoms with Crippen LogP contribution in [0.3, 0.4) is 0 Å². The van der Waals surface area contributed by atoms with Gasteiger partial charge in [-0.15, -0.1) is 0 Å². The average Bonchev–Trinajstić information content (AvgIpc) is 2.88. The monoisotopic (exact) mass is 635 g/mol. The third-order valence-electron chi connectivity index (χ3n) is 5.87. The SMILES string of the molecule is CC(=O)C[C@@H](Cc1ccccc1F)NC(=O)OC(C)(C)C.CON(C)C(=O)C[C@@H](Cc1ccccc1F)NC(=O)OC(C)(C)C. The van der Waals surface area contributed by atoms with Gasteiger partial charge in [0, 0.05) is 32.0 Å². The lowest BCUT2D eigenvalue weighted by Gasteiger charge is -2.24. The smallest absolute Gasteiger partial charge is 0.407 e. The number of benzene rings is 2. The van der Waals surface area contributed by atoms with Crippen LogP contribution in [-0.4, -0.2) is 66.4 Å². The van der Waals surface area contributed by atoms with Crippen molar-refractivity contribution in [3.05, 3.63) is 71.3 Å². The van der Waals surface area contributed by atoms with E-state index in [9.17, 15) is 28.0 Å². The van der Waals surface area contributed by atoms with E-state index in [2.05, 4.69) is 10.6 Å². The highest BCUT2D eigenvalue weighted by Crippen LogP contribution is 2.15. The highest BCUT2D eigenvalue weighted by atomic mass is 19.1. The second-order valence-corrected chi connectivity index (χ2v) is 12.5. The Labute approximate surface area is 264 Å². The maximum Gasteiger partial charge on any atom is 0.407 e. The van der Waals surface area contributed by atoms with Gasteiger partial charge in [0.1, 0.15) is 28.6 Å². The summed E-state index contributed by atoms with van der Waals surface area (Å²) in [7, 11) is 2.83. The molecule has 0 unspecified atom stereocenters. The Hall–Kier alpha value is -4.06. The van der Waals surface area contributed by atoms with Crippen LogP contribution in [0.15, 0.2) is 48.5 Å². The molecule has 2 rings (SSSR count). The molecule has 3 amide bonds. The van der Waals surface area contributed by atoms with Crippen molar-refractivity contribution in [1.82, 2.24) is 15.7 Å². The topological polar surface area (TPSA) is 123 Å². The first-order chi connectivity index (χ1) is 20.8. The molecule has 0 spiro atoms. The first-order valence-corrected chi connectivity index (χ1v) is 14.6. The van der Waals surface area contributed by atoms with Crippen molar-refractivity contribution >= 4 is 23.9 Å². The number of hydroxylamine groups is 2. The molecule has 0 bridgehead atoms. The summed E-state index contributed by atoms with van der Waals surface area (Å²) in [4.78, 5) is 52.0. The third kappa shape index (κ3) is 17.1. The molecule has 2 aromatic rings. The zero-order valence-electron chi connectivity index (χ0n) is 27.7. The van der Waals surface area contributed by atoms with Gasteiger partial charge in [-0.1, -0.05) is 36.4 Å². The van der Waals surface area contributed by atoms with Gasteiger partial charge in [-0.3, -0.25) is 14.4 Å². The fourth-order valence-electron chi connectivity index (χ4n) is 3.94. The molecule has 0 heterocycles. The Morgan fingerprint density at radius 1 is 0.733 bits per heavy atom. The van der Waals surface area contributed by atoms with Crippen molar-refractivity contribution in [2.45, 2.75) is 97.4 Å². The fraction of sp³-hybridized carbons (Fsp3) is 0.515. The van der Waals surface area contributed by atoms with Crippen molar-refractivity contribution < 1.29 is 42.3 Å². The number of Topliss-reactive ketones (excluding diaryl/α,β-unsaturated/α-hetero) is 1. The van der Waals surface area contributed by atoms with Crippen LogP contribution in [-0.2, 0) is 36.7 Å². The number of carbonyl (C=O) groups excluding carboxylic acids is 4. The lowest BCUT2D eigenvalue weighted by Crippen LogP contribution is -2.43. The number of carbonyl (C=O) groups is 4. The predicted molar refractivity (Wildman–Crippen MR) is 166 cm³/mol. The molecular formula is C33H47F2N3O7. The Balaban J connectivity index is 0.000000454. The minimum atomic E-state index is -0.667. The molecule has 2 aromatic carbocycles. The number of nitrogens with zero attached hydrogens (tertiary/aromatic N) is 1. The van der Waals surface area contributed by atoms with Crippen LogP contribution in [0.2, 0.25) is 0 Å². The van der Waals surface area contributed by atoms with Gasteiger partial charge in [-0.2, -0.15) is 0 Å². The van der Waals surface area contributed by atoms with E-state index in [-0.39, 0.29) is 49.0 Å². The first-order valence-electron chi connectivity index (χ1n) is 14.6. The van der Waals surface area contributed by atoms with Crippen LogP contribution in [0.4, 0.5) is 18.4 Å². The van der Waals surface area contributed by atoms with E-state index in [0.717, 1.165) is 5.06 Å². The Kier molecular flexibility index (Phi) is 15.6. The summed E-state index contributed by atoms with van der Waals surface area (Å²) >= 11 is 0. The largest absolute Gasteiger partial charge is 0.444 e. The van der Waals surface area contributed by atoms with Gasteiger partial charge in [-0.25, -0.2) is 23.4 Å². The third-order valence-corrected chi connectivity index (χ3v) is 5.87. The molecular weight excluding hydrogens is 588 g/mol.